The van der Waals surface area contributed by atoms with E-state index in [9.17, 15) is 17.6 Å². The van der Waals surface area contributed by atoms with Crippen molar-refractivity contribution < 1.29 is 22.3 Å². The highest BCUT2D eigenvalue weighted by Gasteiger charge is 2.20. The molecule has 1 aromatic rings. The molecule has 134 valence electrons. The molecule has 1 aliphatic rings. The van der Waals surface area contributed by atoms with Crippen LogP contribution in [-0.2, 0) is 6.42 Å². The van der Waals surface area contributed by atoms with Crippen LogP contribution >= 0.6 is 0 Å². The molecule has 0 aromatic heterocycles. The molecule has 0 spiro atoms. The van der Waals surface area contributed by atoms with E-state index in [0.29, 0.717) is 23.8 Å². The van der Waals surface area contributed by atoms with Crippen molar-refractivity contribution in [2.45, 2.75) is 58.5 Å². The molecule has 0 N–H and O–H groups in total. The Bertz CT molecular complexity index is 525. The molecule has 24 heavy (non-hydrogen) atoms. The maximum Gasteiger partial charge on any atom is 0.387 e. The van der Waals surface area contributed by atoms with Gasteiger partial charge in [-0.2, -0.15) is 8.78 Å². The minimum atomic E-state index is -3.24. The minimum absolute atomic E-state index is 0.486. The Kier molecular flexibility index (Phi) is 7.13. The van der Waals surface area contributed by atoms with Crippen LogP contribution in [0.15, 0.2) is 24.3 Å². The predicted molar refractivity (Wildman–Crippen MR) is 86.2 cm³/mol. The van der Waals surface area contributed by atoms with Crippen molar-refractivity contribution in [1.82, 2.24) is 0 Å². The van der Waals surface area contributed by atoms with Gasteiger partial charge in [0.15, 0.2) is 17.4 Å². The molecule has 1 saturated carbocycles. The molecule has 1 nitrogen and oxygen atoms in total. The zero-order valence-corrected chi connectivity index (χ0v) is 13.9. The maximum atomic E-state index is 13.7. The molecule has 1 aliphatic carbocycles. The second kappa shape index (κ2) is 9.09. The highest BCUT2D eigenvalue weighted by molar-refractivity contribution is 5.31. The first-order valence-corrected chi connectivity index (χ1v) is 8.59. The average Bonchev–Trinajstić information content (AvgIpc) is 2.55. The molecule has 2 rings (SSSR count). The number of hydrogen-bond donors (Lipinski definition) is 0. The molecule has 1 fully saturated rings. The Hall–Kier alpha value is -1.52. The third kappa shape index (κ3) is 5.53. The van der Waals surface area contributed by atoms with Gasteiger partial charge in [0.2, 0.25) is 0 Å². The average molecular weight is 344 g/mol. The Balaban J connectivity index is 1.86. The second-order valence-corrected chi connectivity index (χ2v) is 6.42. The van der Waals surface area contributed by atoms with Gasteiger partial charge < -0.3 is 4.74 Å². The largest absolute Gasteiger partial charge is 0.429 e. The van der Waals surface area contributed by atoms with Crippen molar-refractivity contribution in [3.63, 3.8) is 0 Å². The lowest BCUT2D eigenvalue weighted by Crippen LogP contribution is -2.14. The van der Waals surface area contributed by atoms with Crippen LogP contribution in [0, 0.1) is 23.5 Å². The summed E-state index contributed by atoms with van der Waals surface area (Å²) in [5.41, 5.74) is 0.486. The Morgan fingerprint density at radius 3 is 2.29 bits per heavy atom. The molecular weight excluding hydrogens is 320 g/mol. The third-order valence-electron chi connectivity index (χ3n) is 4.64. The van der Waals surface area contributed by atoms with Crippen LogP contribution in [-0.4, -0.2) is 6.61 Å². The Morgan fingerprint density at radius 2 is 1.75 bits per heavy atom. The van der Waals surface area contributed by atoms with Gasteiger partial charge in [-0.25, -0.2) is 8.78 Å². The molecule has 0 atom stereocenters. The van der Waals surface area contributed by atoms with Crippen LogP contribution in [0.25, 0.3) is 0 Å². The summed E-state index contributed by atoms with van der Waals surface area (Å²) in [5, 5.41) is 0. The van der Waals surface area contributed by atoms with Crippen LogP contribution in [0.1, 0.15) is 51.0 Å². The molecular formula is C19H24F4O. The first-order valence-electron chi connectivity index (χ1n) is 8.59. The van der Waals surface area contributed by atoms with E-state index in [-0.39, 0.29) is 0 Å². The van der Waals surface area contributed by atoms with Crippen molar-refractivity contribution in [2.24, 2.45) is 11.8 Å². The topological polar surface area (TPSA) is 9.23 Å². The summed E-state index contributed by atoms with van der Waals surface area (Å²) in [7, 11) is 0. The first kappa shape index (κ1) is 18.8. The van der Waals surface area contributed by atoms with Gasteiger partial charge in [-0.3, -0.25) is 0 Å². The van der Waals surface area contributed by atoms with Gasteiger partial charge in [0.25, 0.3) is 0 Å². The summed E-state index contributed by atoms with van der Waals surface area (Å²) in [6.07, 6.45) is 11.5. The fraction of sp³-hybridized carbons (Fsp3) is 0.579. The Morgan fingerprint density at radius 1 is 1.12 bits per heavy atom. The quantitative estimate of drug-likeness (QED) is 0.418. The highest BCUT2D eigenvalue weighted by atomic mass is 19.3. The van der Waals surface area contributed by atoms with Gasteiger partial charge in [-0.05, 0) is 74.5 Å². The lowest BCUT2D eigenvalue weighted by Gasteiger charge is -2.26. The molecule has 0 unspecified atom stereocenters. The van der Waals surface area contributed by atoms with Gasteiger partial charge >= 0.3 is 6.61 Å². The molecule has 0 bridgehead atoms. The third-order valence-corrected chi connectivity index (χ3v) is 4.64. The van der Waals surface area contributed by atoms with Gasteiger partial charge in [-0.15, -0.1) is 0 Å². The van der Waals surface area contributed by atoms with E-state index in [1.165, 1.54) is 0 Å². The summed E-state index contributed by atoms with van der Waals surface area (Å²) in [6, 6.07) is 2.19. The number of aryl methyl sites for hydroxylation is 1. The van der Waals surface area contributed by atoms with E-state index in [1.54, 1.807) is 0 Å². The zero-order chi connectivity index (χ0) is 17.5. The molecule has 0 radical (unpaired) electrons. The van der Waals surface area contributed by atoms with Gasteiger partial charge in [0, 0.05) is 0 Å². The maximum absolute atomic E-state index is 13.7. The van der Waals surface area contributed by atoms with Crippen LogP contribution in [0.3, 0.4) is 0 Å². The minimum Gasteiger partial charge on any atom is -0.429 e. The standard InChI is InChI=1S/C19H24F4O/c1-2-3-4-13-5-7-14(8-6-13)9-10-15-11-16(20)18(17(21)12-15)24-19(22)23/h3-4,11-14,19H,2,5-10H2,1H3. The van der Waals surface area contributed by atoms with E-state index in [2.05, 4.69) is 23.8 Å². The van der Waals surface area contributed by atoms with Gasteiger partial charge in [0.1, 0.15) is 0 Å². The van der Waals surface area contributed by atoms with E-state index >= 15 is 0 Å². The smallest absolute Gasteiger partial charge is 0.387 e. The van der Waals surface area contributed by atoms with Gasteiger partial charge in [-0.1, -0.05) is 19.1 Å². The fourth-order valence-electron chi connectivity index (χ4n) is 3.33. The highest BCUT2D eigenvalue weighted by Crippen LogP contribution is 2.33. The number of rotatable bonds is 7. The number of hydrogen-bond acceptors (Lipinski definition) is 1. The Labute approximate surface area is 140 Å². The lowest BCUT2D eigenvalue weighted by atomic mass is 9.79. The van der Waals surface area contributed by atoms with Crippen molar-refractivity contribution in [2.75, 3.05) is 0 Å². The predicted octanol–water partition coefficient (Wildman–Crippen LogP) is 6.27. The molecule has 0 heterocycles. The molecule has 0 saturated heterocycles. The first-order chi connectivity index (χ1) is 11.5. The van der Waals surface area contributed by atoms with Crippen LogP contribution in [0.4, 0.5) is 17.6 Å². The normalized spacial score (nSPS) is 21.6. The summed E-state index contributed by atoms with van der Waals surface area (Å²) >= 11 is 0. The number of alkyl halides is 2. The van der Waals surface area contributed by atoms with E-state index in [4.69, 9.17) is 0 Å². The fourth-order valence-corrected chi connectivity index (χ4v) is 3.33. The summed E-state index contributed by atoms with van der Waals surface area (Å²) < 4.78 is 55.5. The van der Waals surface area contributed by atoms with E-state index < -0.39 is 24.0 Å². The number of ether oxygens (including phenoxy) is 1. The summed E-state index contributed by atoms with van der Waals surface area (Å²) in [5.74, 6) is -1.93. The van der Waals surface area contributed by atoms with E-state index in [0.717, 1.165) is 50.7 Å². The molecule has 1 aromatic carbocycles. The molecule has 5 heteroatoms. The number of allylic oxidation sites excluding steroid dienone is 2. The monoisotopic (exact) mass is 344 g/mol. The van der Waals surface area contributed by atoms with Crippen molar-refractivity contribution >= 4 is 0 Å². The number of benzene rings is 1. The number of halogens is 4. The van der Waals surface area contributed by atoms with Crippen molar-refractivity contribution in [3.05, 3.63) is 41.5 Å². The van der Waals surface area contributed by atoms with E-state index in [1.807, 2.05) is 0 Å². The zero-order valence-electron chi connectivity index (χ0n) is 13.9. The second-order valence-electron chi connectivity index (χ2n) is 6.42. The van der Waals surface area contributed by atoms with Crippen LogP contribution in [0.2, 0.25) is 0 Å². The van der Waals surface area contributed by atoms with Crippen LogP contribution < -0.4 is 4.74 Å². The lowest BCUT2D eigenvalue weighted by molar-refractivity contribution is -0.0546. The van der Waals surface area contributed by atoms with Crippen molar-refractivity contribution in [1.29, 1.82) is 0 Å². The summed E-state index contributed by atoms with van der Waals surface area (Å²) in [4.78, 5) is 0. The molecule has 0 amide bonds. The SMILES string of the molecule is CCC=CC1CCC(CCc2cc(F)c(OC(F)F)c(F)c2)CC1. The van der Waals surface area contributed by atoms with Crippen LogP contribution in [0.5, 0.6) is 5.75 Å². The molecule has 0 aliphatic heterocycles. The summed E-state index contributed by atoms with van der Waals surface area (Å²) in [6.45, 7) is -1.12. The van der Waals surface area contributed by atoms with Gasteiger partial charge in [0.05, 0.1) is 0 Å². The van der Waals surface area contributed by atoms with Crippen molar-refractivity contribution in [3.8, 4) is 5.75 Å².